The number of nitrogens with two attached hydrogens (primary N) is 1. The van der Waals surface area contributed by atoms with Crippen molar-refractivity contribution in [1.82, 2.24) is 0 Å². The van der Waals surface area contributed by atoms with Gasteiger partial charge in [0.2, 0.25) is 0 Å². The molecule has 2 aromatic carbocycles. The van der Waals surface area contributed by atoms with Crippen LogP contribution in [0.4, 0.5) is 0 Å². The Morgan fingerprint density at radius 2 is 1.85 bits per heavy atom. The first-order chi connectivity index (χ1) is 9.60. The first kappa shape index (κ1) is 14.3. The summed E-state index contributed by atoms with van der Waals surface area (Å²) >= 11 is 5.02. The summed E-state index contributed by atoms with van der Waals surface area (Å²) in [5, 5.41) is 0. The molecule has 0 atom stereocenters. The van der Waals surface area contributed by atoms with Gasteiger partial charge in [-0.3, -0.25) is 0 Å². The number of hydrogen-bond acceptors (Lipinski definition) is 3. The van der Waals surface area contributed by atoms with Crippen LogP contribution < -0.4 is 15.2 Å². The monoisotopic (exact) mass is 287 g/mol. The van der Waals surface area contributed by atoms with Crippen molar-refractivity contribution >= 4 is 17.2 Å². The standard InChI is InChI=1S/C16H17NO2S/c1-11-3-6-13(7-4-11)19-10-12-5-8-15(18-2)14(9-12)16(17)20/h3-9H,10H2,1-2H3,(H2,17,20). The molecule has 2 rings (SSSR count). The molecule has 0 heterocycles. The lowest BCUT2D eigenvalue weighted by Gasteiger charge is -2.11. The summed E-state index contributed by atoms with van der Waals surface area (Å²) in [5.74, 6) is 1.51. The van der Waals surface area contributed by atoms with Crippen LogP contribution in [-0.4, -0.2) is 12.1 Å². The van der Waals surface area contributed by atoms with Gasteiger partial charge in [-0.1, -0.05) is 36.0 Å². The molecule has 0 aliphatic rings. The maximum Gasteiger partial charge on any atom is 0.129 e. The summed E-state index contributed by atoms with van der Waals surface area (Å²) in [6.07, 6.45) is 0. The molecule has 3 nitrogen and oxygen atoms in total. The van der Waals surface area contributed by atoms with Gasteiger partial charge in [-0.25, -0.2) is 0 Å². The van der Waals surface area contributed by atoms with Gasteiger partial charge < -0.3 is 15.2 Å². The average molecular weight is 287 g/mol. The Morgan fingerprint density at radius 1 is 1.15 bits per heavy atom. The molecule has 0 aliphatic carbocycles. The van der Waals surface area contributed by atoms with Crippen molar-refractivity contribution in [3.63, 3.8) is 0 Å². The molecule has 0 radical (unpaired) electrons. The molecule has 104 valence electrons. The van der Waals surface area contributed by atoms with Gasteiger partial charge >= 0.3 is 0 Å². The summed E-state index contributed by atoms with van der Waals surface area (Å²) in [6, 6.07) is 13.6. The molecule has 0 aliphatic heterocycles. The molecule has 0 amide bonds. The molecule has 0 spiro atoms. The minimum Gasteiger partial charge on any atom is -0.496 e. The number of hydrogen-bond donors (Lipinski definition) is 1. The summed E-state index contributed by atoms with van der Waals surface area (Å²) in [6.45, 7) is 2.50. The van der Waals surface area contributed by atoms with Crippen LogP contribution in [0.3, 0.4) is 0 Å². The second-order valence-electron chi connectivity index (χ2n) is 4.50. The van der Waals surface area contributed by atoms with Crippen LogP contribution in [0, 0.1) is 6.92 Å². The van der Waals surface area contributed by atoms with Gasteiger partial charge in [0.05, 0.1) is 12.7 Å². The first-order valence-corrected chi connectivity index (χ1v) is 6.67. The van der Waals surface area contributed by atoms with Gasteiger partial charge in [0, 0.05) is 0 Å². The maximum atomic E-state index is 5.73. The normalized spacial score (nSPS) is 10.1. The van der Waals surface area contributed by atoms with Crippen LogP contribution in [0.1, 0.15) is 16.7 Å². The van der Waals surface area contributed by atoms with Crippen LogP contribution in [0.2, 0.25) is 0 Å². The van der Waals surface area contributed by atoms with Crippen molar-refractivity contribution in [2.24, 2.45) is 5.73 Å². The summed E-state index contributed by atoms with van der Waals surface area (Å²) in [5.41, 5.74) is 8.62. The molecule has 0 fully saturated rings. The smallest absolute Gasteiger partial charge is 0.129 e. The van der Waals surface area contributed by atoms with E-state index in [1.165, 1.54) is 5.56 Å². The minimum absolute atomic E-state index is 0.319. The van der Waals surface area contributed by atoms with Crippen molar-refractivity contribution in [1.29, 1.82) is 0 Å². The van der Waals surface area contributed by atoms with E-state index in [0.717, 1.165) is 16.9 Å². The molecule has 0 bridgehead atoms. The summed E-state index contributed by atoms with van der Waals surface area (Å²) in [4.78, 5) is 0.319. The van der Waals surface area contributed by atoms with Gasteiger partial charge in [0.1, 0.15) is 23.1 Å². The zero-order chi connectivity index (χ0) is 14.5. The largest absolute Gasteiger partial charge is 0.496 e. The van der Waals surface area contributed by atoms with Gasteiger partial charge in [0.15, 0.2) is 0 Å². The lowest BCUT2D eigenvalue weighted by molar-refractivity contribution is 0.306. The van der Waals surface area contributed by atoms with E-state index >= 15 is 0 Å². The fourth-order valence-electron chi connectivity index (χ4n) is 1.84. The highest BCUT2D eigenvalue weighted by molar-refractivity contribution is 7.80. The number of benzene rings is 2. The van der Waals surface area contributed by atoms with E-state index in [1.54, 1.807) is 7.11 Å². The van der Waals surface area contributed by atoms with E-state index in [4.69, 9.17) is 27.4 Å². The van der Waals surface area contributed by atoms with Gasteiger partial charge in [-0.05, 0) is 36.8 Å². The molecule has 0 saturated carbocycles. The molecular formula is C16H17NO2S. The van der Waals surface area contributed by atoms with E-state index in [2.05, 4.69) is 0 Å². The zero-order valence-electron chi connectivity index (χ0n) is 11.6. The van der Waals surface area contributed by atoms with Crippen LogP contribution in [0.25, 0.3) is 0 Å². The Bertz CT molecular complexity index is 608. The first-order valence-electron chi connectivity index (χ1n) is 6.26. The molecule has 20 heavy (non-hydrogen) atoms. The van der Waals surface area contributed by atoms with E-state index in [9.17, 15) is 0 Å². The molecule has 0 saturated heterocycles. The molecule has 0 unspecified atom stereocenters. The minimum atomic E-state index is 0.319. The lowest BCUT2D eigenvalue weighted by Crippen LogP contribution is -2.11. The molecule has 2 aromatic rings. The third kappa shape index (κ3) is 3.48. The van der Waals surface area contributed by atoms with E-state index in [0.29, 0.717) is 17.3 Å². The molecular weight excluding hydrogens is 270 g/mol. The molecule has 2 N–H and O–H groups in total. The van der Waals surface area contributed by atoms with E-state index < -0.39 is 0 Å². The fourth-order valence-corrected chi connectivity index (χ4v) is 2.00. The number of ether oxygens (including phenoxy) is 2. The van der Waals surface area contributed by atoms with Crippen LogP contribution in [0.5, 0.6) is 11.5 Å². The lowest BCUT2D eigenvalue weighted by atomic mass is 10.1. The Kier molecular flexibility index (Phi) is 4.58. The topological polar surface area (TPSA) is 44.5 Å². The zero-order valence-corrected chi connectivity index (χ0v) is 12.4. The van der Waals surface area contributed by atoms with Crippen molar-refractivity contribution in [2.45, 2.75) is 13.5 Å². The third-order valence-electron chi connectivity index (χ3n) is 2.96. The van der Waals surface area contributed by atoms with Crippen molar-refractivity contribution < 1.29 is 9.47 Å². The highest BCUT2D eigenvalue weighted by Crippen LogP contribution is 2.21. The molecule has 0 aromatic heterocycles. The third-order valence-corrected chi connectivity index (χ3v) is 3.18. The van der Waals surface area contributed by atoms with Crippen molar-refractivity contribution in [3.8, 4) is 11.5 Å². The Hall–Kier alpha value is -2.07. The van der Waals surface area contributed by atoms with Crippen LogP contribution in [-0.2, 0) is 6.61 Å². The van der Waals surface area contributed by atoms with Crippen molar-refractivity contribution in [2.75, 3.05) is 7.11 Å². The Balaban J connectivity index is 2.11. The Labute approximate surface area is 124 Å². The highest BCUT2D eigenvalue weighted by Gasteiger charge is 2.07. The summed E-state index contributed by atoms with van der Waals surface area (Å²) < 4.78 is 11.0. The number of thiocarbonyl (C=S) groups is 1. The van der Waals surface area contributed by atoms with E-state index in [-0.39, 0.29) is 0 Å². The maximum absolute atomic E-state index is 5.73. The van der Waals surface area contributed by atoms with E-state index in [1.807, 2.05) is 49.4 Å². The quantitative estimate of drug-likeness (QED) is 0.858. The second-order valence-corrected chi connectivity index (χ2v) is 4.94. The fraction of sp³-hybridized carbons (Fsp3) is 0.188. The second kappa shape index (κ2) is 6.39. The number of aryl methyl sites for hydroxylation is 1. The predicted molar refractivity (Wildman–Crippen MR) is 84.4 cm³/mol. The summed E-state index contributed by atoms with van der Waals surface area (Å²) in [7, 11) is 1.60. The Morgan fingerprint density at radius 3 is 2.45 bits per heavy atom. The van der Waals surface area contributed by atoms with Crippen LogP contribution in [0.15, 0.2) is 42.5 Å². The van der Waals surface area contributed by atoms with Crippen LogP contribution >= 0.6 is 12.2 Å². The SMILES string of the molecule is COc1ccc(COc2ccc(C)cc2)cc1C(N)=S. The van der Waals surface area contributed by atoms with Crippen molar-refractivity contribution in [3.05, 3.63) is 59.2 Å². The highest BCUT2D eigenvalue weighted by atomic mass is 32.1. The van der Waals surface area contributed by atoms with Gasteiger partial charge in [-0.15, -0.1) is 0 Å². The van der Waals surface area contributed by atoms with Gasteiger partial charge in [-0.2, -0.15) is 0 Å². The average Bonchev–Trinajstić information content (AvgIpc) is 2.46. The predicted octanol–water partition coefficient (Wildman–Crippen LogP) is 3.22. The molecule has 4 heteroatoms. The number of rotatable bonds is 5. The number of methoxy groups -OCH3 is 1. The van der Waals surface area contributed by atoms with Gasteiger partial charge in [0.25, 0.3) is 0 Å².